The first kappa shape index (κ1) is 22.9. The number of amides is 2. The maximum Gasteiger partial charge on any atom is 0.246 e. The number of carbonyl (C=O) groups is 2. The molecule has 0 radical (unpaired) electrons. The van der Waals surface area contributed by atoms with Crippen LogP contribution >= 0.6 is 0 Å². The van der Waals surface area contributed by atoms with Crippen molar-refractivity contribution in [1.29, 1.82) is 0 Å². The molecule has 1 unspecified atom stereocenters. The molecule has 152 valence electrons. The minimum absolute atomic E-state index is 0.000248. The second-order valence-corrected chi connectivity index (χ2v) is 7.22. The number of morpholine rings is 1. The van der Waals surface area contributed by atoms with Gasteiger partial charge in [0.25, 0.3) is 0 Å². The summed E-state index contributed by atoms with van der Waals surface area (Å²) in [6.07, 6.45) is 5.28. The molecule has 0 aromatic heterocycles. The van der Waals surface area contributed by atoms with Gasteiger partial charge >= 0.3 is 0 Å². The lowest BCUT2D eigenvalue weighted by Gasteiger charge is -2.42. The Morgan fingerprint density at radius 2 is 1.77 bits per heavy atom. The van der Waals surface area contributed by atoms with Gasteiger partial charge in [-0.3, -0.25) is 14.5 Å². The van der Waals surface area contributed by atoms with E-state index >= 15 is 0 Å². The van der Waals surface area contributed by atoms with Gasteiger partial charge in [-0.2, -0.15) is 0 Å². The van der Waals surface area contributed by atoms with Crippen molar-refractivity contribution in [3.05, 3.63) is 0 Å². The Morgan fingerprint density at radius 3 is 2.31 bits per heavy atom. The molecule has 0 aromatic carbocycles. The normalized spacial score (nSPS) is 17.5. The fourth-order valence-electron chi connectivity index (χ4n) is 3.67. The number of hydrogen-bond acceptors (Lipinski definition) is 4. The fraction of sp³-hybridized carbons (Fsp3) is 0.900. The molecule has 6 nitrogen and oxygen atoms in total. The maximum absolute atomic E-state index is 13.2. The zero-order valence-corrected chi connectivity index (χ0v) is 17.3. The predicted octanol–water partition coefficient (Wildman–Crippen LogP) is 2.42. The van der Waals surface area contributed by atoms with E-state index in [1.165, 1.54) is 0 Å². The average molecular weight is 370 g/mol. The predicted molar refractivity (Wildman–Crippen MR) is 105 cm³/mol. The van der Waals surface area contributed by atoms with Gasteiger partial charge in [0.2, 0.25) is 11.8 Å². The van der Waals surface area contributed by atoms with Crippen molar-refractivity contribution in [2.75, 3.05) is 45.9 Å². The van der Waals surface area contributed by atoms with Crippen molar-refractivity contribution < 1.29 is 14.3 Å². The van der Waals surface area contributed by atoms with Crippen molar-refractivity contribution in [2.45, 2.75) is 71.8 Å². The molecule has 0 bridgehead atoms. The first-order valence-electron chi connectivity index (χ1n) is 10.4. The van der Waals surface area contributed by atoms with Crippen LogP contribution in [0.3, 0.4) is 0 Å². The van der Waals surface area contributed by atoms with Crippen LogP contribution < -0.4 is 5.32 Å². The molecule has 0 aliphatic carbocycles. The third-order valence-corrected chi connectivity index (χ3v) is 5.40. The van der Waals surface area contributed by atoms with E-state index in [0.29, 0.717) is 19.5 Å². The van der Waals surface area contributed by atoms with Crippen LogP contribution in [0, 0.1) is 0 Å². The van der Waals surface area contributed by atoms with E-state index in [1.807, 2.05) is 11.8 Å². The van der Waals surface area contributed by atoms with Crippen LogP contribution in [-0.2, 0) is 14.3 Å². The van der Waals surface area contributed by atoms with Crippen molar-refractivity contribution in [1.82, 2.24) is 15.1 Å². The highest BCUT2D eigenvalue weighted by Gasteiger charge is 2.42. The molecule has 26 heavy (non-hydrogen) atoms. The number of carbonyl (C=O) groups excluding carboxylic acids is 2. The second-order valence-electron chi connectivity index (χ2n) is 7.22. The summed E-state index contributed by atoms with van der Waals surface area (Å²) in [4.78, 5) is 29.7. The Labute approximate surface area is 159 Å². The monoisotopic (exact) mass is 369 g/mol. The number of nitrogens with zero attached hydrogens (tertiary/aromatic N) is 2. The molecule has 1 heterocycles. The SMILES string of the molecule is CCCCN(C(C)=O)C(CC)(CCCC)C(=O)NCCN1CCOCC1. The van der Waals surface area contributed by atoms with E-state index in [9.17, 15) is 9.59 Å². The molecule has 0 saturated carbocycles. The van der Waals surface area contributed by atoms with E-state index < -0.39 is 5.54 Å². The highest BCUT2D eigenvalue weighted by atomic mass is 16.5. The zero-order valence-electron chi connectivity index (χ0n) is 17.3. The largest absolute Gasteiger partial charge is 0.379 e. The lowest BCUT2D eigenvalue weighted by Crippen LogP contribution is -2.61. The van der Waals surface area contributed by atoms with Gasteiger partial charge in [-0.05, 0) is 19.3 Å². The summed E-state index contributed by atoms with van der Waals surface area (Å²) in [5.41, 5.74) is -0.720. The molecule has 0 aromatic rings. The number of hydrogen-bond donors (Lipinski definition) is 1. The number of rotatable bonds is 12. The molecule has 1 aliphatic rings. The van der Waals surface area contributed by atoms with Gasteiger partial charge in [-0.25, -0.2) is 0 Å². The summed E-state index contributed by atoms with van der Waals surface area (Å²) in [6.45, 7) is 13.3. The Balaban J connectivity index is 2.79. The van der Waals surface area contributed by atoms with Gasteiger partial charge in [0.1, 0.15) is 5.54 Å². The van der Waals surface area contributed by atoms with Crippen LogP contribution in [0.4, 0.5) is 0 Å². The summed E-state index contributed by atoms with van der Waals surface area (Å²) in [5, 5.41) is 3.13. The van der Waals surface area contributed by atoms with E-state index in [0.717, 1.165) is 65.0 Å². The van der Waals surface area contributed by atoms with Gasteiger partial charge in [-0.1, -0.05) is 40.0 Å². The molecule has 1 fully saturated rings. The van der Waals surface area contributed by atoms with Gasteiger partial charge < -0.3 is 15.0 Å². The minimum Gasteiger partial charge on any atom is -0.379 e. The molecule has 1 saturated heterocycles. The van der Waals surface area contributed by atoms with Crippen LogP contribution in [0.15, 0.2) is 0 Å². The van der Waals surface area contributed by atoms with Gasteiger partial charge in [-0.15, -0.1) is 0 Å². The third kappa shape index (κ3) is 6.54. The van der Waals surface area contributed by atoms with E-state index in [1.54, 1.807) is 6.92 Å². The molecule has 1 atom stereocenters. The van der Waals surface area contributed by atoms with Gasteiger partial charge in [0.15, 0.2) is 0 Å². The highest BCUT2D eigenvalue weighted by Crippen LogP contribution is 2.28. The van der Waals surface area contributed by atoms with E-state index in [2.05, 4.69) is 24.1 Å². The summed E-state index contributed by atoms with van der Waals surface area (Å²) >= 11 is 0. The van der Waals surface area contributed by atoms with Crippen molar-refractivity contribution in [2.24, 2.45) is 0 Å². The second kappa shape index (κ2) is 12.3. The number of unbranched alkanes of at least 4 members (excludes halogenated alkanes) is 2. The zero-order chi connectivity index (χ0) is 19.4. The smallest absolute Gasteiger partial charge is 0.246 e. The standard InChI is InChI=1S/C20H39N3O3/c1-5-8-10-20(7-3,23(18(4)24)12-9-6-2)19(25)21-11-13-22-14-16-26-17-15-22/h5-17H2,1-4H3,(H,21,25). The van der Waals surface area contributed by atoms with E-state index in [-0.39, 0.29) is 11.8 Å². The van der Waals surface area contributed by atoms with Crippen LogP contribution in [0.25, 0.3) is 0 Å². The molecule has 6 heteroatoms. The van der Waals surface area contributed by atoms with Crippen molar-refractivity contribution in [3.63, 3.8) is 0 Å². The summed E-state index contributed by atoms with van der Waals surface area (Å²) in [6, 6.07) is 0. The lowest BCUT2D eigenvalue weighted by molar-refractivity contribution is -0.148. The molecule has 1 rings (SSSR count). The quantitative estimate of drug-likeness (QED) is 0.574. The average Bonchev–Trinajstić information content (AvgIpc) is 2.65. The Hall–Kier alpha value is -1.14. The third-order valence-electron chi connectivity index (χ3n) is 5.40. The van der Waals surface area contributed by atoms with Crippen molar-refractivity contribution >= 4 is 11.8 Å². The first-order valence-corrected chi connectivity index (χ1v) is 10.4. The lowest BCUT2D eigenvalue weighted by atomic mass is 9.86. The molecule has 1 N–H and O–H groups in total. The van der Waals surface area contributed by atoms with Gasteiger partial charge in [0, 0.05) is 39.6 Å². The molecule has 2 amide bonds. The summed E-state index contributed by atoms with van der Waals surface area (Å²) in [5.74, 6) is 0.00717. The topological polar surface area (TPSA) is 61.9 Å². The van der Waals surface area contributed by atoms with Crippen molar-refractivity contribution in [3.8, 4) is 0 Å². The highest BCUT2D eigenvalue weighted by molar-refractivity contribution is 5.91. The minimum atomic E-state index is -0.720. The van der Waals surface area contributed by atoms with Crippen LogP contribution in [0.5, 0.6) is 0 Å². The Morgan fingerprint density at radius 1 is 1.12 bits per heavy atom. The Bertz CT molecular complexity index is 425. The number of nitrogens with one attached hydrogen (secondary N) is 1. The maximum atomic E-state index is 13.2. The van der Waals surface area contributed by atoms with Crippen LogP contribution in [0.1, 0.15) is 66.2 Å². The first-order chi connectivity index (χ1) is 12.5. The summed E-state index contributed by atoms with van der Waals surface area (Å²) in [7, 11) is 0. The van der Waals surface area contributed by atoms with Crippen LogP contribution in [0.2, 0.25) is 0 Å². The summed E-state index contributed by atoms with van der Waals surface area (Å²) < 4.78 is 5.37. The Kier molecular flexibility index (Phi) is 10.8. The molecular formula is C20H39N3O3. The molecular weight excluding hydrogens is 330 g/mol. The fourth-order valence-corrected chi connectivity index (χ4v) is 3.67. The number of ether oxygens (including phenoxy) is 1. The van der Waals surface area contributed by atoms with E-state index in [4.69, 9.17) is 4.74 Å². The van der Waals surface area contributed by atoms with Gasteiger partial charge in [0.05, 0.1) is 13.2 Å². The molecule has 0 spiro atoms. The molecule has 1 aliphatic heterocycles. The van der Waals surface area contributed by atoms with Crippen LogP contribution in [-0.4, -0.2) is 73.1 Å².